The van der Waals surface area contributed by atoms with Crippen LogP contribution in [0.2, 0.25) is 0 Å². The zero-order chi connectivity index (χ0) is 14.2. The van der Waals surface area contributed by atoms with Crippen LogP contribution in [0.5, 0.6) is 0 Å². The highest BCUT2D eigenvalue weighted by atomic mass is 16.2. The van der Waals surface area contributed by atoms with Gasteiger partial charge in [0, 0.05) is 18.2 Å². The number of likely N-dealkylation sites (tertiary alicyclic amines) is 1. The highest BCUT2D eigenvalue weighted by Gasteiger charge is 2.36. The summed E-state index contributed by atoms with van der Waals surface area (Å²) < 4.78 is 0. The quantitative estimate of drug-likeness (QED) is 0.908. The summed E-state index contributed by atoms with van der Waals surface area (Å²) in [4.78, 5) is 23.3. The molecule has 0 spiro atoms. The maximum atomic E-state index is 12.8. The average Bonchev–Trinajstić information content (AvgIpc) is 3.24. The Bertz CT molecular complexity index is 507. The van der Waals surface area contributed by atoms with Gasteiger partial charge in [0.2, 0.25) is 5.91 Å². The summed E-state index contributed by atoms with van der Waals surface area (Å²) in [5.74, 6) is 1.74. The molecule has 2 aliphatic carbocycles. The molecule has 4 nitrogen and oxygen atoms in total. The Morgan fingerprint density at radius 2 is 1.86 bits per heavy atom. The van der Waals surface area contributed by atoms with Crippen LogP contribution in [-0.4, -0.2) is 27.3 Å². The molecule has 3 aliphatic rings. The molecular formula is C17H25N3O. The summed E-state index contributed by atoms with van der Waals surface area (Å²) in [7, 11) is 0. The van der Waals surface area contributed by atoms with Crippen LogP contribution in [0.15, 0.2) is 0 Å². The van der Waals surface area contributed by atoms with E-state index in [1.54, 1.807) is 0 Å². The lowest BCUT2D eigenvalue weighted by Crippen LogP contribution is -2.35. The number of aromatic nitrogens is 2. The summed E-state index contributed by atoms with van der Waals surface area (Å²) in [5.41, 5.74) is 2.59. The second-order valence-electron chi connectivity index (χ2n) is 6.93. The molecule has 1 aliphatic heterocycles. The van der Waals surface area contributed by atoms with Gasteiger partial charge in [-0.3, -0.25) is 4.79 Å². The second-order valence-corrected chi connectivity index (χ2v) is 6.93. The minimum atomic E-state index is 0.212. The van der Waals surface area contributed by atoms with Gasteiger partial charge in [-0.05, 0) is 51.4 Å². The fourth-order valence-electron chi connectivity index (χ4n) is 4.36. The molecule has 1 unspecified atom stereocenters. The van der Waals surface area contributed by atoms with Gasteiger partial charge < -0.3 is 9.88 Å². The van der Waals surface area contributed by atoms with Crippen LogP contribution >= 0.6 is 0 Å². The molecule has 4 rings (SSSR count). The SMILES string of the molecule is O=C(C1CCCC1)N1CCCC1c1nc2c([nH]1)CCCC2. The van der Waals surface area contributed by atoms with E-state index in [4.69, 9.17) is 4.98 Å². The van der Waals surface area contributed by atoms with Crippen molar-refractivity contribution in [2.24, 2.45) is 5.92 Å². The topological polar surface area (TPSA) is 49.0 Å². The third-order valence-electron chi connectivity index (χ3n) is 5.53. The van der Waals surface area contributed by atoms with Crippen molar-refractivity contribution in [3.8, 4) is 0 Å². The normalized spacial score (nSPS) is 26.3. The van der Waals surface area contributed by atoms with Crippen molar-refractivity contribution in [3.05, 3.63) is 17.2 Å². The zero-order valence-corrected chi connectivity index (χ0v) is 12.7. The van der Waals surface area contributed by atoms with Crippen molar-refractivity contribution in [2.45, 2.75) is 70.3 Å². The van der Waals surface area contributed by atoms with Crippen molar-refractivity contribution < 1.29 is 4.79 Å². The predicted octanol–water partition coefficient (Wildman–Crippen LogP) is 3.14. The van der Waals surface area contributed by atoms with Gasteiger partial charge in [-0.2, -0.15) is 0 Å². The van der Waals surface area contributed by atoms with Gasteiger partial charge in [-0.15, -0.1) is 0 Å². The molecule has 1 N–H and O–H groups in total. The highest BCUT2D eigenvalue weighted by molar-refractivity contribution is 5.79. The predicted molar refractivity (Wildman–Crippen MR) is 80.9 cm³/mol. The number of imidazole rings is 1. The monoisotopic (exact) mass is 287 g/mol. The number of aromatic amines is 1. The number of H-pyrrole nitrogens is 1. The number of nitrogens with zero attached hydrogens (tertiary/aromatic N) is 2. The Hall–Kier alpha value is -1.32. The highest BCUT2D eigenvalue weighted by Crippen LogP contribution is 2.36. The molecule has 1 saturated carbocycles. The summed E-state index contributed by atoms with van der Waals surface area (Å²) in [6, 6.07) is 0.212. The maximum absolute atomic E-state index is 12.8. The summed E-state index contributed by atoms with van der Waals surface area (Å²) >= 11 is 0. The van der Waals surface area contributed by atoms with Crippen LogP contribution in [-0.2, 0) is 17.6 Å². The molecule has 21 heavy (non-hydrogen) atoms. The minimum absolute atomic E-state index is 0.212. The molecule has 0 radical (unpaired) electrons. The maximum Gasteiger partial charge on any atom is 0.226 e. The van der Waals surface area contributed by atoms with Crippen LogP contribution < -0.4 is 0 Å². The number of carbonyl (C=O) groups is 1. The number of amides is 1. The Morgan fingerprint density at radius 1 is 1.05 bits per heavy atom. The van der Waals surface area contributed by atoms with Gasteiger partial charge >= 0.3 is 0 Å². The van der Waals surface area contributed by atoms with Crippen molar-refractivity contribution in [3.63, 3.8) is 0 Å². The summed E-state index contributed by atoms with van der Waals surface area (Å²) in [6.07, 6.45) is 11.6. The summed E-state index contributed by atoms with van der Waals surface area (Å²) in [6.45, 7) is 0.922. The van der Waals surface area contributed by atoms with Crippen LogP contribution in [0.4, 0.5) is 0 Å². The van der Waals surface area contributed by atoms with Gasteiger partial charge in [0.25, 0.3) is 0 Å². The molecule has 1 atom stereocenters. The number of nitrogens with one attached hydrogen (secondary N) is 1. The number of aryl methyl sites for hydroxylation is 2. The first kappa shape index (κ1) is 13.4. The number of hydrogen-bond acceptors (Lipinski definition) is 2. The fourth-order valence-corrected chi connectivity index (χ4v) is 4.36. The third-order valence-corrected chi connectivity index (χ3v) is 5.53. The molecule has 1 aromatic heterocycles. The smallest absolute Gasteiger partial charge is 0.226 e. The van der Waals surface area contributed by atoms with Gasteiger partial charge in [-0.25, -0.2) is 4.98 Å². The average molecular weight is 287 g/mol. The number of hydrogen-bond donors (Lipinski definition) is 1. The lowest BCUT2D eigenvalue weighted by molar-refractivity contribution is -0.136. The summed E-state index contributed by atoms with van der Waals surface area (Å²) in [5, 5.41) is 0. The first-order chi connectivity index (χ1) is 10.3. The second kappa shape index (κ2) is 5.47. The molecule has 1 aromatic rings. The van der Waals surface area contributed by atoms with E-state index in [1.807, 2.05) is 0 Å². The Morgan fingerprint density at radius 3 is 2.67 bits per heavy atom. The van der Waals surface area contributed by atoms with Crippen molar-refractivity contribution >= 4 is 5.91 Å². The van der Waals surface area contributed by atoms with Crippen molar-refractivity contribution in [2.75, 3.05) is 6.54 Å². The standard InChI is InChI=1S/C17H25N3O/c21-17(12-6-1-2-7-12)20-11-5-10-15(20)16-18-13-8-3-4-9-14(13)19-16/h12,15H,1-11H2,(H,18,19). The lowest BCUT2D eigenvalue weighted by Gasteiger charge is -2.26. The number of rotatable bonds is 2. The Labute approximate surface area is 126 Å². The minimum Gasteiger partial charge on any atom is -0.344 e. The van der Waals surface area contributed by atoms with Crippen molar-refractivity contribution in [1.29, 1.82) is 0 Å². The van der Waals surface area contributed by atoms with E-state index in [0.29, 0.717) is 5.91 Å². The van der Waals surface area contributed by atoms with Gasteiger partial charge in [0.15, 0.2) is 0 Å². The van der Waals surface area contributed by atoms with E-state index in [-0.39, 0.29) is 12.0 Å². The Kier molecular flexibility index (Phi) is 3.48. The number of carbonyl (C=O) groups excluding carboxylic acids is 1. The van der Waals surface area contributed by atoms with E-state index in [2.05, 4.69) is 9.88 Å². The zero-order valence-electron chi connectivity index (χ0n) is 12.7. The van der Waals surface area contributed by atoms with Crippen LogP contribution in [0.1, 0.15) is 74.6 Å². The Balaban J connectivity index is 1.55. The molecule has 4 heteroatoms. The van der Waals surface area contributed by atoms with Gasteiger partial charge in [-0.1, -0.05) is 12.8 Å². The van der Waals surface area contributed by atoms with E-state index < -0.39 is 0 Å². The molecule has 1 saturated heterocycles. The number of fused-ring (bicyclic) bond motifs is 1. The lowest BCUT2D eigenvalue weighted by atomic mass is 10.0. The van der Waals surface area contributed by atoms with Crippen molar-refractivity contribution in [1.82, 2.24) is 14.9 Å². The fraction of sp³-hybridized carbons (Fsp3) is 0.765. The molecule has 114 valence electrons. The first-order valence-electron chi connectivity index (χ1n) is 8.71. The first-order valence-corrected chi connectivity index (χ1v) is 8.71. The van der Waals surface area contributed by atoms with E-state index >= 15 is 0 Å². The van der Waals surface area contributed by atoms with E-state index in [9.17, 15) is 4.79 Å². The van der Waals surface area contributed by atoms with Crippen LogP contribution in [0, 0.1) is 5.92 Å². The van der Waals surface area contributed by atoms with Crippen LogP contribution in [0.3, 0.4) is 0 Å². The van der Waals surface area contributed by atoms with Gasteiger partial charge in [0.05, 0.1) is 11.7 Å². The van der Waals surface area contributed by atoms with E-state index in [0.717, 1.165) is 50.9 Å². The molecule has 2 heterocycles. The van der Waals surface area contributed by atoms with Crippen LogP contribution in [0.25, 0.3) is 0 Å². The molecule has 0 aromatic carbocycles. The molecular weight excluding hydrogens is 262 g/mol. The molecule has 2 fully saturated rings. The van der Waals surface area contributed by atoms with Gasteiger partial charge in [0.1, 0.15) is 5.82 Å². The third kappa shape index (κ3) is 2.39. The molecule has 1 amide bonds. The molecule has 0 bridgehead atoms. The van der Waals surface area contributed by atoms with E-state index in [1.165, 1.54) is 37.1 Å². The largest absolute Gasteiger partial charge is 0.344 e.